The Balaban J connectivity index is 2.18. The lowest BCUT2D eigenvalue weighted by atomic mass is 10.0. The molecule has 1 aromatic rings. The van der Waals surface area contributed by atoms with Crippen LogP contribution in [0.2, 0.25) is 0 Å². The second-order valence-corrected chi connectivity index (χ2v) is 4.46. The molecule has 2 rings (SSSR count). The number of benzene rings is 1. The van der Waals surface area contributed by atoms with Gasteiger partial charge >= 0.3 is 0 Å². The molecule has 0 aliphatic carbocycles. The van der Waals surface area contributed by atoms with Crippen LogP contribution in [0.25, 0.3) is 0 Å². The van der Waals surface area contributed by atoms with Gasteiger partial charge in [-0.3, -0.25) is 0 Å². The van der Waals surface area contributed by atoms with Crippen LogP contribution in [0.5, 0.6) is 0 Å². The topological polar surface area (TPSA) is 3.24 Å². The maximum absolute atomic E-state index is 12.9. The van der Waals surface area contributed by atoms with Gasteiger partial charge in [-0.25, -0.2) is 4.39 Å². The van der Waals surface area contributed by atoms with Gasteiger partial charge in [-0.1, -0.05) is 6.92 Å². The van der Waals surface area contributed by atoms with E-state index in [0.29, 0.717) is 4.47 Å². The molecular formula is C10H11BrFN. The number of nitrogens with zero attached hydrogens (tertiary/aromatic N) is 1. The highest BCUT2D eigenvalue weighted by atomic mass is 79.9. The van der Waals surface area contributed by atoms with Crippen molar-refractivity contribution in [1.82, 2.24) is 0 Å². The zero-order chi connectivity index (χ0) is 9.42. The standard InChI is InChI=1S/C10H11BrFN/c1-7-5-13(6-7)8-2-3-10(12)9(11)4-8/h2-4,7H,5-6H2,1H3. The molecule has 13 heavy (non-hydrogen) atoms. The van der Waals surface area contributed by atoms with Crippen LogP contribution in [0.1, 0.15) is 6.92 Å². The first-order valence-electron chi connectivity index (χ1n) is 4.37. The van der Waals surface area contributed by atoms with Crippen molar-refractivity contribution in [2.45, 2.75) is 6.92 Å². The number of hydrogen-bond donors (Lipinski definition) is 0. The second-order valence-electron chi connectivity index (χ2n) is 3.61. The molecule has 0 saturated carbocycles. The number of hydrogen-bond acceptors (Lipinski definition) is 1. The highest BCUT2D eigenvalue weighted by Crippen LogP contribution is 2.27. The van der Waals surface area contributed by atoms with Gasteiger partial charge in [0.2, 0.25) is 0 Å². The fraction of sp³-hybridized carbons (Fsp3) is 0.400. The molecular weight excluding hydrogens is 233 g/mol. The first kappa shape index (κ1) is 9.00. The molecule has 0 spiro atoms. The summed E-state index contributed by atoms with van der Waals surface area (Å²) in [4.78, 5) is 2.24. The van der Waals surface area contributed by atoms with Gasteiger partial charge in [0.05, 0.1) is 4.47 Å². The average molecular weight is 244 g/mol. The van der Waals surface area contributed by atoms with Gasteiger partial charge in [-0.2, -0.15) is 0 Å². The second kappa shape index (κ2) is 3.29. The van der Waals surface area contributed by atoms with Crippen molar-refractivity contribution in [2.75, 3.05) is 18.0 Å². The summed E-state index contributed by atoms with van der Waals surface area (Å²) in [5, 5.41) is 0. The van der Waals surface area contributed by atoms with Crippen LogP contribution in [-0.2, 0) is 0 Å². The molecule has 0 radical (unpaired) electrons. The third-order valence-electron chi connectivity index (χ3n) is 2.33. The Labute approximate surface area is 85.7 Å². The summed E-state index contributed by atoms with van der Waals surface area (Å²) in [6, 6.07) is 5.16. The molecule has 1 fully saturated rings. The molecule has 0 N–H and O–H groups in total. The van der Waals surface area contributed by atoms with E-state index in [1.807, 2.05) is 12.1 Å². The number of rotatable bonds is 1. The van der Waals surface area contributed by atoms with Gasteiger partial charge in [0.1, 0.15) is 5.82 Å². The quantitative estimate of drug-likeness (QED) is 0.733. The monoisotopic (exact) mass is 243 g/mol. The summed E-state index contributed by atoms with van der Waals surface area (Å²) >= 11 is 3.18. The molecule has 70 valence electrons. The minimum atomic E-state index is -0.197. The van der Waals surface area contributed by atoms with Crippen molar-refractivity contribution in [2.24, 2.45) is 5.92 Å². The highest BCUT2D eigenvalue weighted by Gasteiger charge is 2.22. The summed E-state index contributed by atoms with van der Waals surface area (Å²) in [5.74, 6) is 0.571. The lowest BCUT2D eigenvalue weighted by Gasteiger charge is -2.39. The van der Waals surface area contributed by atoms with Gasteiger partial charge < -0.3 is 4.90 Å². The van der Waals surface area contributed by atoms with E-state index in [0.717, 1.165) is 24.7 Å². The summed E-state index contributed by atoms with van der Waals surface area (Å²) in [7, 11) is 0. The van der Waals surface area contributed by atoms with Crippen molar-refractivity contribution in [3.05, 3.63) is 28.5 Å². The fourth-order valence-corrected chi connectivity index (χ4v) is 1.96. The van der Waals surface area contributed by atoms with E-state index >= 15 is 0 Å². The Hall–Kier alpha value is -0.570. The Morgan fingerprint density at radius 3 is 2.69 bits per heavy atom. The molecule has 1 aliphatic rings. The Morgan fingerprint density at radius 1 is 1.46 bits per heavy atom. The van der Waals surface area contributed by atoms with Gasteiger partial charge in [0.25, 0.3) is 0 Å². The maximum Gasteiger partial charge on any atom is 0.137 e. The number of halogens is 2. The third-order valence-corrected chi connectivity index (χ3v) is 2.94. The molecule has 0 bridgehead atoms. The van der Waals surface area contributed by atoms with Crippen molar-refractivity contribution in [3.8, 4) is 0 Å². The summed E-state index contributed by atoms with van der Waals surface area (Å²) < 4.78 is 13.4. The van der Waals surface area contributed by atoms with Gasteiger partial charge in [0, 0.05) is 18.8 Å². The average Bonchev–Trinajstić information content (AvgIpc) is 2.05. The Morgan fingerprint density at radius 2 is 2.15 bits per heavy atom. The largest absolute Gasteiger partial charge is 0.371 e. The van der Waals surface area contributed by atoms with Crippen LogP contribution < -0.4 is 4.90 Å². The van der Waals surface area contributed by atoms with Gasteiger partial charge in [-0.15, -0.1) is 0 Å². The summed E-state index contributed by atoms with van der Waals surface area (Å²) in [5.41, 5.74) is 1.10. The molecule has 0 amide bonds. The van der Waals surface area contributed by atoms with Crippen molar-refractivity contribution < 1.29 is 4.39 Å². The minimum absolute atomic E-state index is 0.197. The van der Waals surface area contributed by atoms with Gasteiger partial charge in [-0.05, 0) is 40.0 Å². The SMILES string of the molecule is CC1CN(c2ccc(F)c(Br)c2)C1. The smallest absolute Gasteiger partial charge is 0.137 e. The van der Waals surface area contributed by atoms with Crippen LogP contribution in [0, 0.1) is 11.7 Å². The van der Waals surface area contributed by atoms with Crippen LogP contribution in [0.4, 0.5) is 10.1 Å². The van der Waals surface area contributed by atoms with E-state index in [4.69, 9.17) is 0 Å². The van der Waals surface area contributed by atoms with E-state index in [2.05, 4.69) is 27.8 Å². The zero-order valence-corrected chi connectivity index (χ0v) is 9.01. The van der Waals surface area contributed by atoms with E-state index < -0.39 is 0 Å². The fourth-order valence-electron chi connectivity index (χ4n) is 1.59. The molecule has 1 aromatic carbocycles. The molecule has 1 heterocycles. The Bertz CT molecular complexity index is 321. The summed E-state index contributed by atoms with van der Waals surface area (Å²) in [6.07, 6.45) is 0. The maximum atomic E-state index is 12.9. The van der Waals surface area contributed by atoms with Crippen LogP contribution in [0.3, 0.4) is 0 Å². The predicted octanol–water partition coefficient (Wildman–Crippen LogP) is 3.04. The van der Waals surface area contributed by atoms with E-state index in [1.165, 1.54) is 6.07 Å². The van der Waals surface area contributed by atoms with Crippen LogP contribution >= 0.6 is 15.9 Å². The van der Waals surface area contributed by atoms with E-state index in [-0.39, 0.29) is 5.82 Å². The molecule has 0 aromatic heterocycles. The first-order chi connectivity index (χ1) is 6.16. The lowest BCUT2D eigenvalue weighted by Crippen LogP contribution is -2.45. The van der Waals surface area contributed by atoms with Crippen LogP contribution in [-0.4, -0.2) is 13.1 Å². The van der Waals surface area contributed by atoms with Crippen LogP contribution in [0.15, 0.2) is 22.7 Å². The minimum Gasteiger partial charge on any atom is -0.371 e. The van der Waals surface area contributed by atoms with Crippen molar-refractivity contribution in [1.29, 1.82) is 0 Å². The first-order valence-corrected chi connectivity index (χ1v) is 5.16. The predicted molar refractivity (Wildman–Crippen MR) is 55.5 cm³/mol. The molecule has 1 nitrogen and oxygen atoms in total. The molecule has 0 atom stereocenters. The number of anilines is 1. The zero-order valence-electron chi connectivity index (χ0n) is 7.43. The highest BCUT2D eigenvalue weighted by molar-refractivity contribution is 9.10. The third kappa shape index (κ3) is 1.70. The van der Waals surface area contributed by atoms with Crippen molar-refractivity contribution in [3.63, 3.8) is 0 Å². The van der Waals surface area contributed by atoms with Gasteiger partial charge in [0.15, 0.2) is 0 Å². The molecule has 1 saturated heterocycles. The molecule has 3 heteroatoms. The molecule has 1 aliphatic heterocycles. The summed E-state index contributed by atoms with van der Waals surface area (Å²) in [6.45, 7) is 4.38. The van der Waals surface area contributed by atoms with Crippen molar-refractivity contribution >= 4 is 21.6 Å². The van der Waals surface area contributed by atoms with E-state index in [1.54, 1.807) is 0 Å². The van der Waals surface area contributed by atoms with E-state index in [9.17, 15) is 4.39 Å². The molecule has 0 unspecified atom stereocenters. The Kier molecular flexibility index (Phi) is 2.28. The lowest BCUT2D eigenvalue weighted by molar-refractivity contribution is 0.447. The normalized spacial score (nSPS) is 17.3.